The van der Waals surface area contributed by atoms with Crippen LogP contribution in [0.2, 0.25) is 0 Å². The molecule has 5 nitrogen and oxygen atoms in total. The van der Waals surface area contributed by atoms with Gasteiger partial charge in [-0.05, 0) is 47.1 Å². The van der Waals surface area contributed by atoms with Gasteiger partial charge in [-0.1, -0.05) is 37.3 Å². The number of hydrogen-bond acceptors (Lipinski definition) is 4. The van der Waals surface area contributed by atoms with E-state index in [-0.39, 0.29) is 11.8 Å². The predicted molar refractivity (Wildman–Crippen MR) is 96.3 cm³/mol. The standard InChI is InChI=1S/C20H29NO4/c1-13-15(14-11-9-8-10-12-14)20(13,16(22)24-18(2,3)4)21-17(23)25-19(5,6)7/h8-13,15H,1-7H3,(H,21,23)/t13-,15?,20?/m0/s1. The van der Waals surface area contributed by atoms with E-state index in [4.69, 9.17) is 9.47 Å². The Morgan fingerprint density at radius 3 is 1.96 bits per heavy atom. The minimum Gasteiger partial charge on any atom is -0.458 e. The predicted octanol–water partition coefficient (Wildman–Crippen LogP) is 4.03. The van der Waals surface area contributed by atoms with Gasteiger partial charge < -0.3 is 14.8 Å². The van der Waals surface area contributed by atoms with Crippen molar-refractivity contribution in [1.82, 2.24) is 5.32 Å². The van der Waals surface area contributed by atoms with Gasteiger partial charge in [-0.2, -0.15) is 0 Å². The molecule has 25 heavy (non-hydrogen) atoms. The van der Waals surface area contributed by atoms with Crippen LogP contribution in [0.3, 0.4) is 0 Å². The summed E-state index contributed by atoms with van der Waals surface area (Å²) >= 11 is 0. The Kier molecular flexibility index (Phi) is 4.90. The first kappa shape index (κ1) is 19.3. The molecule has 1 aliphatic rings. The third-order valence-corrected chi connectivity index (χ3v) is 4.20. The molecule has 5 heteroatoms. The summed E-state index contributed by atoms with van der Waals surface area (Å²) in [6, 6.07) is 9.70. The number of amides is 1. The highest BCUT2D eigenvalue weighted by Gasteiger charge is 2.70. The monoisotopic (exact) mass is 347 g/mol. The molecule has 1 aromatic rings. The molecule has 1 N–H and O–H groups in total. The van der Waals surface area contributed by atoms with Gasteiger partial charge in [0.2, 0.25) is 0 Å². The number of hydrogen-bond donors (Lipinski definition) is 1. The van der Waals surface area contributed by atoms with E-state index in [2.05, 4.69) is 5.32 Å². The molecule has 1 aromatic carbocycles. The number of benzene rings is 1. The van der Waals surface area contributed by atoms with E-state index >= 15 is 0 Å². The Morgan fingerprint density at radius 1 is 0.960 bits per heavy atom. The Labute approximate surface area is 150 Å². The lowest BCUT2D eigenvalue weighted by atomic mass is 10.1. The maximum Gasteiger partial charge on any atom is 0.408 e. The topological polar surface area (TPSA) is 64.6 Å². The number of carbonyl (C=O) groups is 2. The second-order valence-corrected chi connectivity index (χ2v) is 8.67. The molecule has 2 unspecified atom stereocenters. The fourth-order valence-electron chi connectivity index (χ4n) is 3.16. The third-order valence-electron chi connectivity index (χ3n) is 4.20. The van der Waals surface area contributed by atoms with Gasteiger partial charge in [-0.15, -0.1) is 0 Å². The number of ether oxygens (including phenoxy) is 2. The van der Waals surface area contributed by atoms with E-state index < -0.39 is 28.8 Å². The lowest BCUT2D eigenvalue weighted by Gasteiger charge is -2.27. The van der Waals surface area contributed by atoms with Crippen molar-refractivity contribution in [2.45, 2.75) is 71.1 Å². The lowest BCUT2D eigenvalue weighted by Crippen LogP contribution is -2.50. The molecule has 0 spiro atoms. The van der Waals surface area contributed by atoms with Gasteiger partial charge in [0.1, 0.15) is 11.2 Å². The van der Waals surface area contributed by atoms with Gasteiger partial charge in [0.25, 0.3) is 0 Å². The second kappa shape index (κ2) is 6.36. The largest absolute Gasteiger partial charge is 0.458 e. The quantitative estimate of drug-likeness (QED) is 0.839. The number of carbonyl (C=O) groups excluding carboxylic acids is 2. The van der Waals surface area contributed by atoms with Gasteiger partial charge >= 0.3 is 12.1 Å². The van der Waals surface area contributed by atoms with E-state index in [0.29, 0.717) is 0 Å². The van der Waals surface area contributed by atoms with Crippen molar-refractivity contribution in [3.05, 3.63) is 35.9 Å². The first-order valence-corrected chi connectivity index (χ1v) is 8.66. The zero-order valence-electron chi connectivity index (χ0n) is 16.2. The smallest absolute Gasteiger partial charge is 0.408 e. The van der Waals surface area contributed by atoms with E-state index in [1.54, 1.807) is 20.8 Å². The molecular formula is C20H29NO4. The van der Waals surface area contributed by atoms with E-state index in [9.17, 15) is 9.59 Å². The molecule has 0 saturated heterocycles. The molecule has 0 aliphatic heterocycles. The average molecular weight is 347 g/mol. The number of esters is 1. The second-order valence-electron chi connectivity index (χ2n) is 8.67. The number of rotatable bonds is 3. The van der Waals surface area contributed by atoms with E-state index in [1.165, 1.54) is 0 Å². The summed E-state index contributed by atoms with van der Waals surface area (Å²) in [5.74, 6) is -0.652. The highest BCUT2D eigenvalue weighted by molar-refractivity contribution is 5.92. The summed E-state index contributed by atoms with van der Waals surface area (Å²) < 4.78 is 11.0. The van der Waals surface area contributed by atoms with Crippen molar-refractivity contribution < 1.29 is 19.1 Å². The fraction of sp³-hybridized carbons (Fsp3) is 0.600. The highest BCUT2D eigenvalue weighted by atomic mass is 16.6. The summed E-state index contributed by atoms with van der Waals surface area (Å²) in [6.45, 7) is 12.8. The maximum atomic E-state index is 12.9. The molecule has 1 aliphatic carbocycles. The molecule has 0 radical (unpaired) electrons. The Bertz CT molecular complexity index is 642. The SMILES string of the molecule is C[C@H]1C(c2ccccc2)C1(NC(=O)OC(C)(C)C)C(=O)OC(C)(C)C. The Balaban J connectivity index is 2.30. The zero-order chi connectivity index (χ0) is 19.0. The van der Waals surface area contributed by atoms with Crippen LogP contribution in [0.5, 0.6) is 0 Å². The first-order chi connectivity index (χ1) is 11.4. The van der Waals surface area contributed by atoms with Crippen LogP contribution in [0, 0.1) is 5.92 Å². The summed E-state index contributed by atoms with van der Waals surface area (Å²) in [6.07, 6.45) is -0.608. The Hall–Kier alpha value is -2.04. The maximum absolute atomic E-state index is 12.9. The van der Waals surface area contributed by atoms with Crippen LogP contribution < -0.4 is 5.32 Å². The van der Waals surface area contributed by atoms with E-state index in [1.807, 2.05) is 58.0 Å². The van der Waals surface area contributed by atoms with Crippen molar-refractivity contribution in [1.29, 1.82) is 0 Å². The van der Waals surface area contributed by atoms with Crippen LogP contribution in [0.1, 0.15) is 59.9 Å². The average Bonchev–Trinajstić information content (AvgIpc) is 3.01. The number of alkyl carbamates (subject to hydrolysis) is 1. The van der Waals surface area contributed by atoms with E-state index in [0.717, 1.165) is 5.56 Å². The van der Waals surface area contributed by atoms with Crippen LogP contribution in [-0.2, 0) is 14.3 Å². The van der Waals surface area contributed by atoms with Gasteiger partial charge in [0.15, 0.2) is 5.54 Å². The van der Waals surface area contributed by atoms with Crippen LogP contribution >= 0.6 is 0 Å². The molecule has 1 amide bonds. The van der Waals surface area contributed by atoms with Crippen LogP contribution in [-0.4, -0.2) is 28.8 Å². The Morgan fingerprint density at radius 2 is 1.48 bits per heavy atom. The van der Waals surface area contributed by atoms with Gasteiger partial charge in [0, 0.05) is 11.8 Å². The minimum atomic E-state index is -1.10. The molecule has 138 valence electrons. The fourth-order valence-corrected chi connectivity index (χ4v) is 3.16. The molecule has 1 saturated carbocycles. The summed E-state index contributed by atoms with van der Waals surface area (Å²) in [7, 11) is 0. The van der Waals surface area contributed by atoms with Crippen molar-refractivity contribution in [2.75, 3.05) is 0 Å². The van der Waals surface area contributed by atoms with Gasteiger partial charge in [0.05, 0.1) is 0 Å². The van der Waals surface area contributed by atoms with Crippen LogP contribution in [0.15, 0.2) is 30.3 Å². The molecule has 0 heterocycles. The third kappa shape index (κ3) is 4.33. The van der Waals surface area contributed by atoms with Gasteiger partial charge in [-0.25, -0.2) is 9.59 Å². The first-order valence-electron chi connectivity index (χ1n) is 8.66. The summed E-state index contributed by atoms with van der Waals surface area (Å²) in [4.78, 5) is 25.3. The molecule has 1 fully saturated rings. The van der Waals surface area contributed by atoms with Gasteiger partial charge in [-0.3, -0.25) is 0 Å². The minimum absolute atomic E-state index is 0.0859. The molecule has 2 rings (SSSR count). The normalized spacial score (nSPS) is 25.9. The summed E-state index contributed by atoms with van der Waals surface area (Å²) in [5.41, 5.74) is -1.38. The van der Waals surface area contributed by atoms with Crippen molar-refractivity contribution in [2.24, 2.45) is 5.92 Å². The zero-order valence-corrected chi connectivity index (χ0v) is 16.2. The molecule has 0 bridgehead atoms. The molecule has 0 aromatic heterocycles. The van der Waals surface area contributed by atoms with Crippen molar-refractivity contribution >= 4 is 12.1 Å². The van der Waals surface area contributed by atoms with Crippen molar-refractivity contribution in [3.63, 3.8) is 0 Å². The highest BCUT2D eigenvalue weighted by Crippen LogP contribution is 2.58. The van der Waals surface area contributed by atoms with Crippen molar-refractivity contribution in [3.8, 4) is 0 Å². The van der Waals surface area contributed by atoms with Crippen LogP contribution in [0.4, 0.5) is 4.79 Å². The number of nitrogens with one attached hydrogen (secondary N) is 1. The summed E-state index contributed by atoms with van der Waals surface area (Å²) in [5, 5.41) is 2.81. The molecular weight excluding hydrogens is 318 g/mol. The lowest BCUT2D eigenvalue weighted by molar-refractivity contribution is -0.159. The van der Waals surface area contributed by atoms with Crippen LogP contribution in [0.25, 0.3) is 0 Å². The molecule has 3 atom stereocenters.